The van der Waals surface area contributed by atoms with Crippen LogP contribution in [0.15, 0.2) is 48.8 Å². The van der Waals surface area contributed by atoms with Crippen LogP contribution in [-0.4, -0.2) is 6.79 Å². The molecular formula is C14H10NO2+. The van der Waals surface area contributed by atoms with E-state index in [1.165, 1.54) is 10.8 Å². The maximum Gasteiger partial charge on any atom is 0.257 e. The van der Waals surface area contributed by atoms with Crippen molar-refractivity contribution in [2.75, 3.05) is 6.79 Å². The maximum atomic E-state index is 5.52. The molecule has 3 nitrogen and oxygen atoms in total. The Morgan fingerprint density at radius 1 is 1.00 bits per heavy atom. The maximum absolute atomic E-state index is 5.52. The van der Waals surface area contributed by atoms with Gasteiger partial charge < -0.3 is 9.47 Å². The van der Waals surface area contributed by atoms with Crippen LogP contribution in [0.5, 0.6) is 11.5 Å². The lowest BCUT2D eigenvalue weighted by Gasteiger charge is -1.99. The van der Waals surface area contributed by atoms with E-state index in [1.807, 2.05) is 24.4 Å². The summed E-state index contributed by atoms with van der Waals surface area (Å²) >= 11 is 0. The zero-order valence-electron chi connectivity index (χ0n) is 9.09. The molecule has 1 aliphatic rings. The quantitative estimate of drug-likeness (QED) is 0.432. The van der Waals surface area contributed by atoms with Gasteiger partial charge in [0.25, 0.3) is 5.52 Å². The Morgan fingerprint density at radius 2 is 1.88 bits per heavy atom. The minimum atomic E-state index is 0.307. The first kappa shape index (κ1) is 8.82. The molecule has 0 unspecified atom stereocenters. The third-order valence-electron chi connectivity index (χ3n) is 3.11. The largest absolute Gasteiger partial charge is 0.453 e. The van der Waals surface area contributed by atoms with Crippen LogP contribution in [0.1, 0.15) is 0 Å². The minimum Gasteiger partial charge on any atom is -0.453 e. The van der Waals surface area contributed by atoms with Gasteiger partial charge in [-0.3, -0.25) is 0 Å². The first-order chi connectivity index (χ1) is 8.42. The van der Waals surface area contributed by atoms with E-state index in [0.717, 1.165) is 17.0 Å². The molecule has 3 aromatic rings. The van der Waals surface area contributed by atoms with E-state index < -0.39 is 0 Å². The van der Waals surface area contributed by atoms with Crippen molar-refractivity contribution in [3.63, 3.8) is 0 Å². The van der Waals surface area contributed by atoms with Gasteiger partial charge in [-0.2, -0.15) is 4.40 Å². The Balaban J connectivity index is 2.17. The number of hydrogen-bond donors (Lipinski definition) is 0. The zero-order chi connectivity index (χ0) is 11.2. The molecule has 0 bridgehead atoms. The molecule has 0 spiro atoms. The van der Waals surface area contributed by atoms with Crippen LogP contribution in [0, 0.1) is 0 Å². The number of ether oxygens (including phenoxy) is 2. The molecule has 82 valence electrons. The summed E-state index contributed by atoms with van der Waals surface area (Å²) in [6.45, 7) is 0.307. The number of nitrogens with zero attached hydrogens (tertiary/aromatic N) is 1. The van der Waals surface area contributed by atoms with Gasteiger partial charge in [0.1, 0.15) is 0 Å². The highest BCUT2D eigenvalue weighted by Crippen LogP contribution is 2.34. The summed E-state index contributed by atoms with van der Waals surface area (Å²) in [5, 5.41) is 2.42. The van der Waals surface area contributed by atoms with Crippen LogP contribution in [0.3, 0.4) is 0 Å². The minimum absolute atomic E-state index is 0.307. The first-order valence-corrected chi connectivity index (χ1v) is 5.54. The molecule has 0 aliphatic carbocycles. The number of benzene rings is 1. The van der Waals surface area contributed by atoms with E-state index in [2.05, 4.69) is 28.8 Å². The lowest BCUT2D eigenvalue weighted by Crippen LogP contribution is -2.20. The van der Waals surface area contributed by atoms with Crippen LogP contribution >= 0.6 is 0 Å². The molecule has 17 heavy (non-hydrogen) atoms. The van der Waals surface area contributed by atoms with Gasteiger partial charge in [0.15, 0.2) is 18.1 Å². The molecule has 1 aliphatic heterocycles. The van der Waals surface area contributed by atoms with Crippen LogP contribution in [0.2, 0.25) is 0 Å². The Morgan fingerprint density at radius 3 is 2.82 bits per heavy atom. The van der Waals surface area contributed by atoms with Crippen LogP contribution in [0.4, 0.5) is 0 Å². The van der Waals surface area contributed by atoms with Gasteiger partial charge in [0.2, 0.25) is 12.5 Å². The van der Waals surface area contributed by atoms with Crippen molar-refractivity contribution in [3.05, 3.63) is 48.8 Å². The van der Waals surface area contributed by atoms with Gasteiger partial charge in [-0.15, -0.1) is 0 Å². The Bertz CT molecular complexity index is 737. The van der Waals surface area contributed by atoms with E-state index in [4.69, 9.17) is 9.47 Å². The molecule has 0 radical (unpaired) electrons. The van der Waals surface area contributed by atoms with Crippen molar-refractivity contribution in [1.29, 1.82) is 0 Å². The summed E-state index contributed by atoms with van der Waals surface area (Å²) in [4.78, 5) is 0. The molecule has 3 heteroatoms. The van der Waals surface area contributed by atoms with Crippen LogP contribution in [-0.2, 0) is 0 Å². The predicted molar refractivity (Wildman–Crippen MR) is 63.2 cm³/mol. The van der Waals surface area contributed by atoms with Gasteiger partial charge in [-0.1, -0.05) is 18.2 Å². The molecule has 0 amide bonds. The monoisotopic (exact) mass is 224 g/mol. The highest BCUT2D eigenvalue weighted by molar-refractivity contribution is 5.85. The molecule has 2 aromatic heterocycles. The van der Waals surface area contributed by atoms with Crippen LogP contribution in [0.25, 0.3) is 16.3 Å². The standard InChI is InChI=1S/C14H10NO2/c1-2-4-11-8-15-6-5-13-14(17-9-16-13)12(15)7-10(11)3-1/h1-8H,9H2/q+1. The summed E-state index contributed by atoms with van der Waals surface area (Å²) in [6, 6.07) is 12.4. The summed E-state index contributed by atoms with van der Waals surface area (Å²) in [5.74, 6) is 1.65. The second-order valence-corrected chi connectivity index (χ2v) is 4.11. The molecule has 0 atom stereocenters. The van der Waals surface area contributed by atoms with Gasteiger partial charge in [-0.25, -0.2) is 0 Å². The van der Waals surface area contributed by atoms with E-state index in [9.17, 15) is 0 Å². The van der Waals surface area contributed by atoms with E-state index >= 15 is 0 Å². The molecule has 0 saturated carbocycles. The van der Waals surface area contributed by atoms with Gasteiger partial charge in [-0.05, 0) is 11.5 Å². The van der Waals surface area contributed by atoms with E-state index in [1.54, 1.807) is 0 Å². The van der Waals surface area contributed by atoms with Gasteiger partial charge in [0, 0.05) is 17.5 Å². The van der Waals surface area contributed by atoms with Crippen molar-refractivity contribution in [3.8, 4) is 11.5 Å². The molecule has 4 rings (SSSR count). The Labute approximate surface area is 97.8 Å². The van der Waals surface area contributed by atoms with Crippen molar-refractivity contribution < 1.29 is 13.9 Å². The molecule has 0 N–H and O–H groups in total. The second-order valence-electron chi connectivity index (χ2n) is 4.11. The average Bonchev–Trinajstić information content (AvgIpc) is 2.85. The average molecular weight is 224 g/mol. The smallest absolute Gasteiger partial charge is 0.257 e. The van der Waals surface area contributed by atoms with Crippen molar-refractivity contribution in [1.82, 2.24) is 0 Å². The van der Waals surface area contributed by atoms with Crippen molar-refractivity contribution in [2.24, 2.45) is 0 Å². The number of fused-ring (bicyclic) bond motifs is 4. The fourth-order valence-corrected chi connectivity index (χ4v) is 2.27. The third kappa shape index (κ3) is 1.19. The highest BCUT2D eigenvalue weighted by atomic mass is 16.7. The zero-order valence-corrected chi connectivity index (χ0v) is 9.09. The SMILES string of the molecule is c1ccc2c[n+]3ccc4c(c3cc2c1)OCO4. The Kier molecular flexibility index (Phi) is 1.61. The fourth-order valence-electron chi connectivity index (χ4n) is 2.27. The number of hydrogen-bond acceptors (Lipinski definition) is 2. The summed E-state index contributed by atoms with van der Waals surface area (Å²) in [6.07, 6.45) is 4.10. The van der Waals surface area contributed by atoms with Crippen LogP contribution < -0.4 is 13.9 Å². The number of rotatable bonds is 0. The van der Waals surface area contributed by atoms with Gasteiger partial charge >= 0.3 is 0 Å². The summed E-state index contributed by atoms with van der Waals surface area (Å²) in [7, 11) is 0. The summed E-state index contributed by atoms with van der Waals surface area (Å²) in [5.41, 5.74) is 1.04. The third-order valence-corrected chi connectivity index (χ3v) is 3.11. The first-order valence-electron chi connectivity index (χ1n) is 5.54. The number of aromatic nitrogens is 1. The summed E-state index contributed by atoms with van der Waals surface area (Å²) < 4.78 is 13.0. The van der Waals surface area contributed by atoms with E-state index in [0.29, 0.717) is 6.79 Å². The van der Waals surface area contributed by atoms with Crippen molar-refractivity contribution >= 4 is 16.3 Å². The van der Waals surface area contributed by atoms with Gasteiger partial charge in [0.05, 0.1) is 0 Å². The lowest BCUT2D eigenvalue weighted by molar-refractivity contribution is -0.510. The molecule has 1 aromatic carbocycles. The molecular weight excluding hydrogens is 214 g/mol. The highest BCUT2D eigenvalue weighted by Gasteiger charge is 2.22. The second kappa shape index (κ2) is 3.10. The van der Waals surface area contributed by atoms with E-state index in [-0.39, 0.29) is 0 Å². The normalized spacial score (nSPS) is 13.4. The molecule has 3 heterocycles. The molecule has 0 saturated heterocycles. The van der Waals surface area contributed by atoms with Crippen molar-refractivity contribution in [2.45, 2.75) is 0 Å². The molecule has 0 fully saturated rings. The number of pyridine rings is 2. The fraction of sp³-hybridized carbons (Fsp3) is 0.0714. The Hall–Kier alpha value is -2.29. The lowest BCUT2D eigenvalue weighted by atomic mass is 10.1. The predicted octanol–water partition coefficient (Wildman–Crippen LogP) is 2.31. The topological polar surface area (TPSA) is 22.6 Å².